The van der Waals surface area contributed by atoms with Gasteiger partial charge in [-0.15, -0.1) is 0 Å². The number of benzene rings is 2. The van der Waals surface area contributed by atoms with Gasteiger partial charge in [-0.2, -0.15) is 0 Å². The Kier molecular flexibility index (Phi) is 5.23. The van der Waals surface area contributed by atoms with Gasteiger partial charge in [-0.3, -0.25) is 19.8 Å². The molecule has 1 aliphatic rings. The van der Waals surface area contributed by atoms with Crippen LogP contribution in [-0.4, -0.2) is 15.2 Å². The van der Waals surface area contributed by atoms with E-state index in [1.165, 1.54) is 30.3 Å². The Morgan fingerprint density at radius 3 is 2.70 bits per heavy atom. The topological polar surface area (TPSA) is 76.6 Å². The summed E-state index contributed by atoms with van der Waals surface area (Å²) in [6.45, 7) is 1.77. The summed E-state index contributed by atoms with van der Waals surface area (Å²) in [5.74, 6) is -0.386. The number of anilines is 1. The number of carbonyl (C=O) groups excluding carboxylic acids is 1. The van der Waals surface area contributed by atoms with E-state index in [9.17, 15) is 19.3 Å². The number of nitro groups is 1. The van der Waals surface area contributed by atoms with Gasteiger partial charge < -0.3 is 4.42 Å². The summed E-state index contributed by atoms with van der Waals surface area (Å²) in [6, 6.07) is 13.9. The second-order valence-electron chi connectivity index (χ2n) is 6.45. The number of nitrogens with zero attached hydrogens (tertiary/aromatic N) is 2. The highest BCUT2D eigenvalue weighted by Crippen LogP contribution is 2.38. The third-order valence-electron chi connectivity index (χ3n) is 4.40. The van der Waals surface area contributed by atoms with Crippen molar-refractivity contribution in [2.45, 2.75) is 6.92 Å². The molecule has 30 heavy (non-hydrogen) atoms. The zero-order valence-electron chi connectivity index (χ0n) is 15.5. The number of aryl methyl sites for hydroxylation is 1. The second-order valence-corrected chi connectivity index (χ2v) is 8.12. The lowest BCUT2D eigenvalue weighted by molar-refractivity contribution is -0.384. The third-order valence-corrected chi connectivity index (χ3v) is 5.70. The summed E-state index contributed by atoms with van der Waals surface area (Å²) >= 11 is 6.28. The van der Waals surface area contributed by atoms with Crippen LogP contribution in [0.3, 0.4) is 0 Å². The molecular formula is C21H13FN2O4S2. The van der Waals surface area contributed by atoms with Crippen LogP contribution in [-0.2, 0) is 4.79 Å². The van der Waals surface area contributed by atoms with Crippen LogP contribution in [0.15, 0.2) is 63.9 Å². The molecule has 1 aliphatic heterocycles. The van der Waals surface area contributed by atoms with Gasteiger partial charge >= 0.3 is 0 Å². The SMILES string of the molecule is Cc1ccc(-c2ccc(/C=C3\SC(=S)N(c4ccccc4F)C3=O)o2)c([N+](=O)[O-])c1. The molecule has 150 valence electrons. The minimum atomic E-state index is -0.554. The van der Waals surface area contributed by atoms with Gasteiger partial charge in [0.05, 0.1) is 21.1 Å². The lowest BCUT2D eigenvalue weighted by Gasteiger charge is -2.14. The standard InChI is InChI=1S/C21H13FN2O4S2/c1-12-6-8-14(17(10-12)24(26)27)18-9-7-13(28-18)11-19-20(25)23(21(29)30-19)16-5-3-2-4-15(16)22/h2-11H,1H3/b19-11-. The van der Waals surface area contributed by atoms with E-state index in [0.29, 0.717) is 17.1 Å². The summed E-state index contributed by atoms with van der Waals surface area (Å²) in [4.78, 5) is 25.1. The highest BCUT2D eigenvalue weighted by molar-refractivity contribution is 8.27. The summed E-state index contributed by atoms with van der Waals surface area (Å²) in [5, 5.41) is 11.4. The van der Waals surface area contributed by atoms with Crippen LogP contribution in [0.2, 0.25) is 0 Å². The third kappa shape index (κ3) is 3.64. The Morgan fingerprint density at radius 1 is 1.20 bits per heavy atom. The van der Waals surface area contributed by atoms with Crippen molar-refractivity contribution >= 4 is 51.7 Å². The molecule has 0 unspecified atom stereocenters. The van der Waals surface area contributed by atoms with Crippen molar-refractivity contribution in [3.05, 3.63) is 86.8 Å². The number of thiocarbonyl (C=S) groups is 1. The molecule has 0 spiro atoms. The van der Waals surface area contributed by atoms with E-state index in [1.54, 1.807) is 37.3 Å². The van der Waals surface area contributed by atoms with E-state index >= 15 is 0 Å². The minimum Gasteiger partial charge on any atom is -0.456 e. The number of para-hydroxylation sites is 1. The fourth-order valence-electron chi connectivity index (χ4n) is 3.01. The monoisotopic (exact) mass is 440 g/mol. The van der Waals surface area contributed by atoms with Crippen LogP contribution in [0, 0.1) is 22.9 Å². The molecule has 1 aromatic heterocycles. The van der Waals surface area contributed by atoms with E-state index in [0.717, 1.165) is 22.2 Å². The molecular weight excluding hydrogens is 427 g/mol. The van der Waals surface area contributed by atoms with Crippen molar-refractivity contribution in [1.82, 2.24) is 0 Å². The summed E-state index contributed by atoms with van der Waals surface area (Å²) < 4.78 is 20.0. The number of rotatable bonds is 4. The number of halogens is 1. The first kappa shape index (κ1) is 20.0. The highest BCUT2D eigenvalue weighted by atomic mass is 32.2. The zero-order valence-corrected chi connectivity index (χ0v) is 17.1. The minimum absolute atomic E-state index is 0.0678. The van der Waals surface area contributed by atoms with Crippen LogP contribution >= 0.6 is 24.0 Å². The molecule has 0 N–H and O–H groups in total. The molecule has 2 heterocycles. The summed E-state index contributed by atoms with van der Waals surface area (Å²) in [7, 11) is 0. The second kappa shape index (κ2) is 7.85. The Morgan fingerprint density at radius 2 is 1.97 bits per heavy atom. The van der Waals surface area contributed by atoms with Gasteiger partial charge in [-0.1, -0.05) is 42.2 Å². The van der Waals surface area contributed by atoms with Gasteiger partial charge in [0.25, 0.3) is 11.6 Å². The Balaban J connectivity index is 1.66. The van der Waals surface area contributed by atoms with Crippen LogP contribution in [0.5, 0.6) is 0 Å². The molecule has 6 nitrogen and oxygen atoms in total. The van der Waals surface area contributed by atoms with Crippen LogP contribution in [0.1, 0.15) is 11.3 Å². The first-order valence-electron chi connectivity index (χ1n) is 8.73. The molecule has 1 amide bonds. The van der Waals surface area contributed by atoms with E-state index in [4.69, 9.17) is 16.6 Å². The van der Waals surface area contributed by atoms with Crippen molar-refractivity contribution in [2.24, 2.45) is 0 Å². The number of hydrogen-bond donors (Lipinski definition) is 0. The number of nitro benzene ring substituents is 1. The van der Waals surface area contributed by atoms with E-state index in [-0.39, 0.29) is 20.6 Å². The molecule has 0 atom stereocenters. The largest absolute Gasteiger partial charge is 0.456 e. The number of carbonyl (C=O) groups is 1. The molecule has 0 bridgehead atoms. The molecule has 0 saturated carbocycles. The summed E-state index contributed by atoms with van der Waals surface area (Å²) in [6.07, 6.45) is 1.49. The van der Waals surface area contributed by atoms with E-state index in [2.05, 4.69) is 0 Å². The van der Waals surface area contributed by atoms with Gasteiger partial charge in [0.1, 0.15) is 17.3 Å². The quantitative estimate of drug-likeness (QED) is 0.224. The molecule has 1 saturated heterocycles. The van der Waals surface area contributed by atoms with Crippen LogP contribution < -0.4 is 4.90 Å². The maximum Gasteiger partial charge on any atom is 0.280 e. The van der Waals surface area contributed by atoms with Gasteiger partial charge in [0.2, 0.25) is 0 Å². The first-order valence-corrected chi connectivity index (χ1v) is 9.95. The van der Waals surface area contributed by atoms with Crippen LogP contribution in [0.4, 0.5) is 15.8 Å². The van der Waals surface area contributed by atoms with E-state index < -0.39 is 16.6 Å². The molecule has 2 aromatic carbocycles. The summed E-state index contributed by atoms with van der Waals surface area (Å²) in [5.41, 5.74) is 1.11. The highest BCUT2D eigenvalue weighted by Gasteiger charge is 2.35. The maximum atomic E-state index is 14.1. The number of amides is 1. The predicted octanol–water partition coefficient (Wildman–Crippen LogP) is 5.71. The van der Waals surface area contributed by atoms with Gasteiger partial charge in [-0.25, -0.2) is 4.39 Å². The Labute approximate surface area is 180 Å². The lowest BCUT2D eigenvalue weighted by Crippen LogP contribution is -2.28. The molecule has 0 radical (unpaired) electrons. The average Bonchev–Trinajstić information content (AvgIpc) is 3.27. The number of thioether (sulfide) groups is 1. The fraction of sp³-hybridized carbons (Fsp3) is 0.0476. The normalized spacial score (nSPS) is 15.3. The van der Waals surface area contributed by atoms with Gasteiger partial charge in [-0.05, 0) is 42.8 Å². The molecule has 4 rings (SSSR count). The number of furan rings is 1. The molecule has 0 aliphatic carbocycles. The van der Waals surface area contributed by atoms with Gasteiger partial charge in [0.15, 0.2) is 4.32 Å². The Bertz CT molecular complexity index is 1240. The van der Waals surface area contributed by atoms with Crippen molar-refractivity contribution in [3.8, 4) is 11.3 Å². The van der Waals surface area contributed by atoms with Crippen LogP contribution in [0.25, 0.3) is 17.4 Å². The first-order chi connectivity index (χ1) is 14.3. The lowest BCUT2D eigenvalue weighted by atomic mass is 10.1. The average molecular weight is 440 g/mol. The van der Waals surface area contributed by atoms with Crippen molar-refractivity contribution in [2.75, 3.05) is 4.90 Å². The smallest absolute Gasteiger partial charge is 0.280 e. The number of hydrogen-bond acceptors (Lipinski definition) is 6. The van der Waals surface area contributed by atoms with Crippen molar-refractivity contribution in [3.63, 3.8) is 0 Å². The predicted molar refractivity (Wildman–Crippen MR) is 118 cm³/mol. The van der Waals surface area contributed by atoms with Crippen molar-refractivity contribution < 1.29 is 18.5 Å². The van der Waals surface area contributed by atoms with Gasteiger partial charge in [0, 0.05) is 12.1 Å². The van der Waals surface area contributed by atoms with Crippen molar-refractivity contribution in [1.29, 1.82) is 0 Å². The molecule has 9 heteroatoms. The molecule has 1 fully saturated rings. The van der Waals surface area contributed by atoms with E-state index in [1.807, 2.05) is 0 Å². The molecule has 3 aromatic rings. The fourth-order valence-corrected chi connectivity index (χ4v) is 4.28. The Hall–Kier alpha value is -3.30. The maximum absolute atomic E-state index is 14.1. The zero-order chi connectivity index (χ0) is 21.4.